The molecule has 6 heteroatoms. The number of rotatable bonds is 4. The zero-order valence-corrected chi connectivity index (χ0v) is 8.40. The lowest BCUT2D eigenvalue weighted by molar-refractivity contribution is -0.384. The van der Waals surface area contributed by atoms with Crippen molar-refractivity contribution in [2.75, 3.05) is 6.54 Å². The molecule has 0 aliphatic rings. The summed E-state index contributed by atoms with van der Waals surface area (Å²) < 4.78 is 0. The van der Waals surface area contributed by atoms with Crippen LogP contribution in [0.3, 0.4) is 0 Å². The van der Waals surface area contributed by atoms with Crippen molar-refractivity contribution in [3.05, 3.63) is 38.9 Å². The molecule has 0 saturated carbocycles. The molecule has 0 atom stereocenters. The van der Waals surface area contributed by atoms with Gasteiger partial charge >= 0.3 is 0 Å². The Kier molecular flexibility index (Phi) is 3.97. The zero-order valence-electron chi connectivity index (χ0n) is 7.64. The van der Waals surface area contributed by atoms with E-state index in [1.54, 1.807) is 0 Å². The van der Waals surface area contributed by atoms with E-state index in [9.17, 15) is 14.9 Å². The van der Waals surface area contributed by atoms with Gasteiger partial charge in [-0.05, 0) is 18.1 Å². The number of hydrogen-bond acceptors (Lipinski definition) is 4. The van der Waals surface area contributed by atoms with Crippen LogP contribution in [0.2, 0.25) is 5.02 Å². The molecular weight excluding hydrogens is 220 g/mol. The van der Waals surface area contributed by atoms with E-state index in [4.69, 9.17) is 11.6 Å². The number of non-ortho nitro benzene ring substituents is 1. The summed E-state index contributed by atoms with van der Waals surface area (Å²) in [4.78, 5) is 23.1. The number of halogens is 1. The maximum Gasteiger partial charge on any atom is 0.269 e. The lowest BCUT2D eigenvalue weighted by atomic mass is 10.1. The van der Waals surface area contributed by atoms with Crippen LogP contribution in [0.4, 0.5) is 5.69 Å². The molecule has 0 bridgehead atoms. The van der Waals surface area contributed by atoms with Gasteiger partial charge in [0.2, 0.25) is 6.08 Å². The quantitative estimate of drug-likeness (QED) is 0.342. The van der Waals surface area contributed by atoms with Gasteiger partial charge in [0.1, 0.15) is 0 Å². The fraction of sp³-hybridized carbons (Fsp3) is 0.222. The van der Waals surface area contributed by atoms with E-state index in [-0.39, 0.29) is 12.2 Å². The van der Waals surface area contributed by atoms with Crippen LogP contribution in [0.15, 0.2) is 23.2 Å². The zero-order chi connectivity index (χ0) is 11.3. The Morgan fingerprint density at radius 2 is 2.27 bits per heavy atom. The van der Waals surface area contributed by atoms with Crippen molar-refractivity contribution in [3.63, 3.8) is 0 Å². The summed E-state index contributed by atoms with van der Waals surface area (Å²) in [5.41, 5.74) is 0.578. The van der Waals surface area contributed by atoms with Crippen molar-refractivity contribution >= 4 is 23.4 Å². The predicted molar refractivity (Wildman–Crippen MR) is 54.8 cm³/mol. The van der Waals surface area contributed by atoms with Gasteiger partial charge in [0.15, 0.2) is 0 Å². The Bertz CT molecular complexity index is 427. The van der Waals surface area contributed by atoms with Gasteiger partial charge in [0, 0.05) is 17.2 Å². The number of nitrogens with zero attached hydrogens (tertiary/aromatic N) is 2. The Hall–Kier alpha value is -1.71. The summed E-state index contributed by atoms with van der Waals surface area (Å²) in [6, 6.07) is 4.16. The van der Waals surface area contributed by atoms with Gasteiger partial charge in [-0.2, -0.15) is 0 Å². The van der Waals surface area contributed by atoms with Crippen molar-refractivity contribution in [1.82, 2.24) is 0 Å². The molecule has 5 nitrogen and oxygen atoms in total. The van der Waals surface area contributed by atoms with E-state index in [1.165, 1.54) is 24.3 Å². The maximum atomic E-state index is 10.5. The summed E-state index contributed by atoms with van der Waals surface area (Å²) >= 11 is 5.82. The van der Waals surface area contributed by atoms with Crippen molar-refractivity contribution in [3.8, 4) is 0 Å². The molecule has 0 aliphatic heterocycles. The SMILES string of the molecule is O=C=NCCc1cc([N+](=O)[O-])ccc1Cl. The minimum atomic E-state index is -0.497. The van der Waals surface area contributed by atoms with Crippen molar-refractivity contribution in [2.45, 2.75) is 6.42 Å². The molecule has 0 aromatic heterocycles. The molecule has 0 unspecified atom stereocenters. The molecule has 0 N–H and O–H groups in total. The first kappa shape index (κ1) is 11.4. The molecule has 15 heavy (non-hydrogen) atoms. The summed E-state index contributed by atoms with van der Waals surface area (Å²) in [5.74, 6) is 0. The lowest BCUT2D eigenvalue weighted by Crippen LogP contribution is -1.94. The van der Waals surface area contributed by atoms with Gasteiger partial charge in [0.05, 0.1) is 11.5 Å². The molecule has 0 saturated heterocycles. The predicted octanol–water partition coefficient (Wildman–Crippen LogP) is 2.13. The van der Waals surface area contributed by atoms with Gasteiger partial charge < -0.3 is 0 Å². The number of nitro benzene ring substituents is 1. The Morgan fingerprint density at radius 3 is 2.87 bits per heavy atom. The molecule has 1 aromatic carbocycles. The smallest absolute Gasteiger partial charge is 0.258 e. The fourth-order valence-electron chi connectivity index (χ4n) is 1.09. The summed E-state index contributed by atoms with van der Waals surface area (Å²) in [5, 5.41) is 10.9. The molecule has 0 radical (unpaired) electrons. The highest BCUT2D eigenvalue weighted by atomic mass is 35.5. The molecular formula is C9H7ClN2O3. The highest BCUT2D eigenvalue weighted by molar-refractivity contribution is 6.31. The molecule has 1 rings (SSSR count). The molecule has 0 heterocycles. The van der Waals surface area contributed by atoms with Crippen LogP contribution >= 0.6 is 11.6 Å². The molecule has 1 aromatic rings. The second-order valence-electron chi connectivity index (χ2n) is 2.76. The van der Waals surface area contributed by atoms with Crippen LogP contribution < -0.4 is 0 Å². The normalized spacial score (nSPS) is 9.40. The molecule has 0 amide bonds. The third kappa shape index (κ3) is 3.16. The number of benzene rings is 1. The average molecular weight is 227 g/mol. The van der Waals surface area contributed by atoms with E-state index < -0.39 is 4.92 Å². The molecule has 78 valence electrons. The van der Waals surface area contributed by atoms with Gasteiger partial charge in [-0.1, -0.05) is 11.6 Å². The van der Waals surface area contributed by atoms with E-state index in [2.05, 4.69) is 4.99 Å². The minimum absolute atomic E-state index is 0.0236. The largest absolute Gasteiger partial charge is 0.269 e. The first-order valence-corrected chi connectivity index (χ1v) is 4.49. The van der Waals surface area contributed by atoms with E-state index >= 15 is 0 Å². The van der Waals surface area contributed by atoms with Crippen molar-refractivity contribution in [1.29, 1.82) is 0 Å². The number of nitro groups is 1. The average Bonchev–Trinajstić information content (AvgIpc) is 2.20. The van der Waals surface area contributed by atoms with Crippen LogP contribution in [0, 0.1) is 10.1 Å². The highest BCUT2D eigenvalue weighted by Gasteiger charge is 2.08. The minimum Gasteiger partial charge on any atom is -0.258 e. The van der Waals surface area contributed by atoms with Crippen molar-refractivity contribution in [2.24, 2.45) is 4.99 Å². The summed E-state index contributed by atoms with van der Waals surface area (Å²) in [7, 11) is 0. The second kappa shape index (κ2) is 5.24. The number of hydrogen-bond donors (Lipinski definition) is 0. The Labute approximate surface area is 90.5 Å². The van der Waals surface area contributed by atoms with Crippen LogP contribution in [0.1, 0.15) is 5.56 Å². The Morgan fingerprint density at radius 1 is 1.53 bits per heavy atom. The second-order valence-corrected chi connectivity index (χ2v) is 3.16. The van der Waals surface area contributed by atoms with E-state index in [1.807, 2.05) is 0 Å². The number of aliphatic imine (C=N–C) groups is 1. The Balaban J connectivity index is 2.89. The van der Waals surface area contributed by atoms with Gasteiger partial charge in [-0.15, -0.1) is 0 Å². The first-order chi connectivity index (χ1) is 7.15. The maximum absolute atomic E-state index is 10.5. The van der Waals surface area contributed by atoms with Gasteiger partial charge in [-0.3, -0.25) is 10.1 Å². The third-order valence-corrected chi connectivity index (χ3v) is 2.17. The molecule has 0 spiro atoms. The number of carbonyl (C=O) groups excluding carboxylic acids is 1. The van der Waals surface area contributed by atoms with Crippen LogP contribution in [-0.4, -0.2) is 17.5 Å². The summed E-state index contributed by atoms with van der Waals surface area (Å²) in [6.07, 6.45) is 1.78. The third-order valence-electron chi connectivity index (χ3n) is 1.80. The summed E-state index contributed by atoms with van der Waals surface area (Å²) in [6.45, 7) is 0.227. The highest BCUT2D eigenvalue weighted by Crippen LogP contribution is 2.22. The van der Waals surface area contributed by atoms with Crippen LogP contribution in [0.25, 0.3) is 0 Å². The fourth-order valence-corrected chi connectivity index (χ4v) is 1.30. The van der Waals surface area contributed by atoms with Crippen molar-refractivity contribution < 1.29 is 9.72 Å². The number of isocyanates is 1. The topological polar surface area (TPSA) is 72.6 Å². The van der Waals surface area contributed by atoms with Crippen LogP contribution in [0.5, 0.6) is 0 Å². The monoisotopic (exact) mass is 226 g/mol. The van der Waals surface area contributed by atoms with Gasteiger partial charge in [-0.25, -0.2) is 9.79 Å². The van der Waals surface area contributed by atoms with E-state index in [0.29, 0.717) is 17.0 Å². The standard InChI is InChI=1S/C9H7ClN2O3/c10-9-2-1-8(12(14)15)5-7(9)3-4-11-6-13/h1-2,5H,3-4H2. The van der Waals surface area contributed by atoms with Gasteiger partial charge in [0.25, 0.3) is 5.69 Å². The van der Waals surface area contributed by atoms with Crippen LogP contribution in [-0.2, 0) is 11.2 Å². The first-order valence-electron chi connectivity index (χ1n) is 4.11. The lowest BCUT2D eigenvalue weighted by Gasteiger charge is -2.00. The van der Waals surface area contributed by atoms with E-state index in [0.717, 1.165) is 0 Å². The molecule has 0 fully saturated rings. The molecule has 0 aliphatic carbocycles.